The van der Waals surface area contributed by atoms with Crippen molar-refractivity contribution in [1.82, 2.24) is 0 Å². The fraction of sp³-hybridized carbons (Fsp3) is 0.381. The highest BCUT2D eigenvalue weighted by Gasteiger charge is 2.28. The molecule has 0 aliphatic rings. The average molecular weight is 587 g/mol. The van der Waals surface area contributed by atoms with E-state index in [0.29, 0.717) is 0 Å². The minimum absolute atomic E-state index is 0.0953. The topological polar surface area (TPSA) is 6.48 Å². The lowest BCUT2D eigenvalue weighted by Gasteiger charge is -2.39. The molecule has 0 saturated carbocycles. The molecule has 2 heteroatoms. The molecule has 0 amide bonds. The summed E-state index contributed by atoms with van der Waals surface area (Å²) in [5, 5.41) is 0. The second-order valence-corrected chi connectivity index (χ2v) is 14.7. The Morgan fingerprint density at radius 2 is 1.02 bits per heavy atom. The van der Waals surface area contributed by atoms with Crippen molar-refractivity contribution in [2.24, 2.45) is 0 Å². The molecule has 232 valence electrons. The smallest absolute Gasteiger partial charge is 0.0577 e. The zero-order chi connectivity index (χ0) is 32.4. The van der Waals surface area contributed by atoms with E-state index >= 15 is 0 Å². The predicted molar refractivity (Wildman–Crippen MR) is 195 cm³/mol. The summed E-state index contributed by atoms with van der Waals surface area (Å²) >= 11 is 0. The van der Waals surface area contributed by atoms with Gasteiger partial charge in [0.15, 0.2) is 0 Å². The monoisotopic (exact) mass is 586 g/mol. The van der Waals surface area contributed by atoms with Gasteiger partial charge in [0.25, 0.3) is 0 Å². The lowest BCUT2D eigenvalue weighted by Crippen LogP contribution is -2.38. The van der Waals surface area contributed by atoms with Gasteiger partial charge in [0.1, 0.15) is 0 Å². The van der Waals surface area contributed by atoms with E-state index < -0.39 is 0 Å². The van der Waals surface area contributed by atoms with Crippen LogP contribution in [0.5, 0.6) is 0 Å². The van der Waals surface area contributed by atoms with Crippen molar-refractivity contribution in [2.75, 3.05) is 9.80 Å². The number of benzene rings is 4. The Morgan fingerprint density at radius 3 is 1.45 bits per heavy atom. The Morgan fingerprint density at radius 1 is 0.591 bits per heavy atom. The van der Waals surface area contributed by atoms with Crippen LogP contribution >= 0.6 is 0 Å². The van der Waals surface area contributed by atoms with Crippen LogP contribution in [0.25, 0.3) is 0 Å². The minimum Gasteiger partial charge on any atom is -0.332 e. The minimum atomic E-state index is -0.218. The zero-order valence-corrected chi connectivity index (χ0v) is 29.3. The molecule has 0 aliphatic carbocycles. The normalized spacial score (nSPS) is 12.5. The van der Waals surface area contributed by atoms with Crippen LogP contribution in [0.4, 0.5) is 28.4 Å². The van der Waals surface area contributed by atoms with Crippen molar-refractivity contribution >= 4 is 28.4 Å². The highest BCUT2D eigenvalue weighted by molar-refractivity contribution is 5.82. The van der Waals surface area contributed by atoms with E-state index in [-0.39, 0.29) is 16.4 Å². The number of hydrogen-bond acceptors (Lipinski definition) is 2. The Labute approximate surface area is 268 Å². The van der Waals surface area contributed by atoms with Crippen LogP contribution < -0.4 is 9.80 Å². The second-order valence-electron chi connectivity index (χ2n) is 14.7. The quantitative estimate of drug-likeness (QED) is 0.180. The van der Waals surface area contributed by atoms with Gasteiger partial charge in [-0.25, -0.2) is 0 Å². The lowest BCUT2D eigenvalue weighted by molar-refractivity contribution is 0.506. The fourth-order valence-electron chi connectivity index (χ4n) is 6.16. The molecule has 4 aromatic carbocycles. The maximum absolute atomic E-state index is 2.45. The molecule has 4 rings (SSSR count). The van der Waals surface area contributed by atoms with Gasteiger partial charge >= 0.3 is 0 Å². The molecule has 0 aliphatic heterocycles. The van der Waals surface area contributed by atoms with Gasteiger partial charge in [0, 0.05) is 22.7 Å². The lowest BCUT2D eigenvalue weighted by atomic mass is 9.82. The number of nitrogens with zero attached hydrogens (tertiary/aromatic N) is 2. The number of rotatable bonds is 9. The molecule has 0 atom stereocenters. The number of hydrogen-bond donors (Lipinski definition) is 0. The highest BCUT2D eigenvalue weighted by Crippen LogP contribution is 2.43. The first-order valence-electron chi connectivity index (χ1n) is 16.2. The molecule has 0 bridgehead atoms. The van der Waals surface area contributed by atoms with Gasteiger partial charge in [0.05, 0.1) is 11.2 Å². The van der Waals surface area contributed by atoms with Crippen molar-refractivity contribution in [2.45, 2.75) is 106 Å². The third-order valence-electron chi connectivity index (χ3n) is 9.18. The molecule has 0 N–H and O–H groups in total. The van der Waals surface area contributed by atoms with Crippen LogP contribution in [-0.4, -0.2) is 5.54 Å². The van der Waals surface area contributed by atoms with Crippen LogP contribution in [0.1, 0.15) is 96.6 Å². The van der Waals surface area contributed by atoms with Gasteiger partial charge in [-0.15, -0.1) is 0 Å². The molecule has 0 spiro atoms. The molecule has 0 saturated heterocycles. The van der Waals surface area contributed by atoms with Gasteiger partial charge in [-0.1, -0.05) is 95.7 Å². The summed E-state index contributed by atoms with van der Waals surface area (Å²) in [4.78, 5) is 4.87. The van der Waals surface area contributed by atoms with Gasteiger partial charge < -0.3 is 9.80 Å². The molecule has 4 aromatic rings. The molecule has 0 aromatic heterocycles. The Hall–Kier alpha value is -3.78. The summed E-state index contributed by atoms with van der Waals surface area (Å²) in [5.74, 6) is 0. The summed E-state index contributed by atoms with van der Waals surface area (Å²) < 4.78 is 0. The SMILES string of the molecule is C/C=C/C(C)(C)N(c1ccc(N(c2ccc(C)cc2)c2c(C)cc(C(C)(C)C)cc2C)cc1)c1ccc(C(C)(C)CC)cc1. The average Bonchev–Trinajstić information content (AvgIpc) is 2.96. The largest absolute Gasteiger partial charge is 0.332 e. The third-order valence-corrected chi connectivity index (χ3v) is 9.18. The molecule has 0 heterocycles. The van der Waals surface area contributed by atoms with Crippen LogP contribution in [0.15, 0.2) is 97.1 Å². The van der Waals surface area contributed by atoms with E-state index in [1.807, 2.05) is 0 Å². The van der Waals surface area contributed by atoms with Gasteiger partial charge in [-0.3, -0.25) is 0 Å². The number of anilines is 5. The van der Waals surface area contributed by atoms with E-state index in [4.69, 9.17) is 0 Å². The van der Waals surface area contributed by atoms with Crippen molar-refractivity contribution in [3.63, 3.8) is 0 Å². The van der Waals surface area contributed by atoms with Crippen LogP contribution in [0.2, 0.25) is 0 Å². The van der Waals surface area contributed by atoms with Gasteiger partial charge in [-0.2, -0.15) is 0 Å². The molecule has 0 fully saturated rings. The molecular weight excluding hydrogens is 532 g/mol. The van der Waals surface area contributed by atoms with Crippen LogP contribution in [0, 0.1) is 20.8 Å². The van der Waals surface area contributed by atoms with E-state index in [1.54, 1.807) is 0 Å². The summed E-state index contributed by atoms with van der Waals surface area (Å²) in [7, 11) is 0. The summed E-state index contributed by atoms with van der Waals surface area (Å²) in [6, 6.07) is 31.9. The van der Waals surface area contributed by atoms with E-state index in [9.17, 15) is 0 Å². The maximum Gasteiger partial charge on any atom is 0.0577 e. The highest BCUT2D eigenvalue weighted by atomic mass is 15.2. The zero-order valence-electron chi connectivity index (χ0n) is 29.3. The fourth-order valence-corrected chi connectivity index (χ4v) is 6.16. The van der Waals surface area contributed by atoms with Crippen LogP contribution in [-0.2, 0) is 10.8 Å². The summed E-state index contributed by atoms with van der Waals surface area (Å²) in [6.07, 6.45) is 5.55. The first-order chi connectivity index (χ1) is 20.6. The molecule has 0 radical (unpaired) electrons. The molecule has 2 nitrogen and oxygen atoms in total. The van der Waals surface area contributed by atoms with Crippen LogP contribution in [0.3, 0.4) is 0 Å². The van der Waals surface area contributed by atoms with Crippen molar-refractivity contribution < 1.29 is 0 Å². The third kappa shape index (κ3) is 6.96. The number of allylic oxidation sites excluding steroid dienone is 1. The molecule has 44 heavy (non-hydrogen) atoms. The van der Waals surface area contributed by atoms with E-state index in [1.165, 1.54) is 50.6 Å². The summed E-state index contributed by atoms with van der Waals surface area (Å²) in [5.41, 5.74) is 12.5. The standard InChI is InChI=1S/C42H54N2/c1-13-27-42(11,12)44(37-21-17-33(18-22-37)41(9,10)14-2)38-25-23-36(24-26-38)43(35-19-15-30(3)16-20-35)39-31(4)28-34(29-32(39)5)40(6,7)8/h13,15-29H,14H2,1-12H3/b27-13+. The van der Waals surface area contributed by atoms with Gasteiger partial charge in [-0.05, 0) is 130 Å². The Bertz CT molecular complexity index is 1560. The molecule has 0 unspecified atom stereocenters. The van der Waals surface area contributed by atoms with Crippen molar-refractivity contribution in [3.8, 4) is 0 Å². The molecular formula is C42H54N2. The van der Waals surface area contributed by atoms with E-state index in [0.717, 1.165) is 12.1 Å². The first kappa shape index (κ1) is 33.1. The van der Waals surface area contributed by atoms with Gasteiger partial charge in [0.2, 0.25) is 0 Å². The van der Waals surface area contributed by atoms with Crippen molar-refractivity contribution in [3.05, 3.63) is 125 Å². The van der Waals surface area contributed by atoms with Crippen molar-refractivity contribution in [1.29, 1.82) is 0 Å². The predicted octanol–water partition coefficient (Wildman–Crippen LogP) is 12.6. The van der Waals surface area contributed by atoms with E-state index in [2.05, 4.69) is 190 Å². The second kappa shape index (κ2) is 12.7. The first-order valence-corrected chi connectivity index (χ1v) is 16.2. The maximum atomic E-state index is 2.45. The Kier molecular flexibility index (Phi) is 9.54. The summed E-state index contributed by atoms with van der Waals surface area (Å²) in [6.45, 7) is 27.1. The number of aryl methyl sites for hydroxylation is 3. The Balaban J connectivity index is 1.84.